The van der Waals surface area contributed by atoms with Crippen LogP contribution in [0.15, 0.2) is 97.1 Å². The van der Waals surface area contributed by atoms with Gasteiger partial charge >= 0.3 is 0 Å². The summed E-state index contributed by atoms with van der Waals surface area (Å²) in [5, 5.41) is 5.96. The summed E-state index contributed by atoms with van der Waals surface area (Å²) < 4.78 is 2.76. The number of rotatable bonds is 4. The molecule has 3 heteroatoms. The van der Waals surface area contributed by atoms with E-state index in [1.807, 2.05) is 22.7 Å². The lowest BCUT2D eigenvalue weighted by Crippen LogP contribution is -2.29. The fourth-order valence-electron chi connectivity index (χ4n) is 7.01. The maximum absolute atomic E-state index is 2.61. The van der Waals surface area contributed by atoms with Crippen LogP contribution in [0.4, 0.5) is 0 Å². The fraction of sp³-hybridized carbons (Fsp3) is 0.158. The third-order valence-corrected chi connectivity index (χ3v) is 14.3. The van der Waals surface area contributed by atoms with Gasteiger partial charge in [0.1, 0.15) is 8.07 Å². The Balaban J connectivity index is 1.69. The molecule has 0 aliphatic carbocycles. The summed E-state index contributed by atoms with van der Waals surface area (Å²) in [6.45, 7) is 14.3. The smallest absolute Gasteiger partial charge is 0.115 e. The van der Waals surface area contributed by atoms with Gasteiger partial charge in [-0.2, -0.15) is 0 Å². The van der Waals surface area contributed by atoms with Gasteiger partial charge in [0.05, 0.1) is 0 Å². The minimum Gasteiger partial charge on any atom is -0.140 e. The normalized spacial score (nSPS) is 15.1. The van der Waals surface area contributed by atoms with Gasteiger partial charge in [0.15, 0.2) is 0 Å². The molecule has 6 aromatic rings. The molecule has 0 radical (unpaired) electrons. The third-order valence-electron chi connectivity index (χ3n) is 8.66. The molecule has 3 heterocycles. The maximum atomic E-state index is 2.61. The molecule has 0 amide bonds. The highest BCUT2D eigenvalue weighted by molar-refractivity contribution is 7.22. The van der Waals surface area contributed by atoms with Crippen molar-refractivity contribution in [2.24, 2.45) is 0 Å². The second-order valence-corrected chi connectivity index (χ2v) is 18.7. The van der Waals surface area contributed by atoms with E-state index in [4.69, 9.17) is 0 Å². The number of hydrogen-bond acceptors (Lipinski definition) is 2. The van der Waals surface area contributed by atoms with Crippen LogP contribution >= 0.6 is 22.7 Å². The first-order valence-corrected chi connectivity index (χ1v) is 19.0. The van der Waals surface area contributed by atoms with Crippen LogP contribution < -0.4 is 0 Å². The molecule has 0 bridgehead atoms. The molecule has 0 spiro atoms. The van der Waals surface area contributed by atoms with Gasteiger partial charge in [-0.15, -0.1) is 22.7 Å². The van der Waals surface area contributed by atoms with Gasteiger partial charge in [0.2, 0.25) is 0 Å². The van der Waals surface area contributed by atoms with E-state index in [0.717, 1.165) is 0 Å². The maximum Gasteiger partial charge on any atom is 0.115 e. The molecule has 0 unspecified atom stereocenters. The average Bonchev–Trinajstić information content (AvgIpc) is 3.52. The van der Waals surface area contributed by atoms with Crippen molar-refractivity contribution >= 4 is 72.5 Å². The van der Waals surface area contributed by atoms with Crippen molar-refractivity contribution in [3.63, 3.8) is 0 Å². The van der Waals surface area contributed by atoms with Gasteiger partial charge in [-0.3, -0.25) is 0 Å². The van der Waals surface area contributed by atoms with Gasteiger partial charge in [0, 0.05) is 19.2 Å². The molecule has 1 aliphatic heterocycles. The van der Waals surface area contributed by atoms with Crippen LogP contribution in [-0.4, -0.2) is 8.07 Å². The molecule has 0 saturated carbocycles. The SMILES string of the molecule is Cc1cccc(C2=C(c3c(C)sc4ccccc34)[Si](C)(C)C(c3c(C)sc4ccccc34)=C2c2cccc(C)c2)c1. The average molecular weight is 583 g/mol. The first-order valence-electron chi connectivity index (χ1n) is 14.4. The Bertz CT molecular complexity index is 1910. The molecule has 202 valence electrons. The van der Waals surface area contributed by atoms with Gasteiger partial charge < -0.3 is 0 Å². The van der Waals surface area contributed by atoms with E-state index in [2.05, 4.69) is 138 Å². The van der Waals surface area contributed by atoms with Crippen LogP contribution in [0.1, 0.15) is 43.1 Å². The van der Waals surface area contributed by atoms with Gasteiger partial charge in [0.25, 0.3) is 0 Å². The predicted molar refractivity (Wildman–Crippen MR) is 187 cm³/mol. The topological polar surface area (TPSA) is 0 Å². The molecule has 0 saturated heterocycles. The largest absolute Gasteiger partial charge is 0.140 e. The Morgan fingerprint density at radius 3 is 1.32 bits per heavy atom. The minimum atomic E-state index is -2.26. The molecular formula is C38H34S2Si. The quantitative estimate of drug-likeness (QED) is 0.181. The van der Waals surface area contributed by atoms with Crippen molar-refractivity contribution in [3.05, 3.63) is 140 Å². The molecule has 7 rings (SSSR count). The highest BCUT2D eigenvalue weighted by Gasteiger charge is 2.46. The van der Waals surface area contributed by atoms with Crippen LogP contribution in [0, 0.1) is 27.7 Å². The molecule has 2 aromatic heterocycles. The first kappa shape index (κ1) is 26.4. The zero-order valence-electron chi connectivity index (χ0n) is 24.6. The Kier molecular flexibility index (Phi) is 6.31. The lowest BCUT2D eigenvalue weighted by atomic mass is 9.87. The molecule has 0 atom stereocenters. The number of benzene rings is 4. The van der Waals surface area contributed by atoms with Crippen molar-refractivity contribution < 1.29 is 0 Å². The standard InChI is InChI=1S/C38H34S2Si/c1-23-13-11-15-27(21-23)35-36(28-16-12-14-24(2)22-28)38(34-26(4)40-32-20-10-8-18-30(32)34)41(5,6)37(35)33-25(3)39-31-19-9-7-17-29(31)33/h7-22H,1-6H3. The summed E-state index contributed by atoms with van der Waals surface area (Å²) in [5.41, 5.74) is 11.1. The van der Waals surface area contributed by atoms with E-state index in [-0.39, 0.29) is 0 Å². The van der Waals surface area contributed by atoms with Crippen LogP contribution in [0.3, 0.4) is 0 Å². The van der Waals surface area contributed by atoms with Crippen molar-refractivity contribution in [2.75, 3.05) is 0 Å². The zero-order chi connectivity index (χ0) is 28.5. The van der Waals surface area contributed by atoms with E-state index in [9.17, 15) is 0 Å². The first-order chi connectivity index (χ1) is 19.8. The Labute approximate surface area is 252 Å². The van der Waals surface area contributed by atoms with E-state index >= 15 is 0 Å². The Hall–Kier alpha value is -3.50. The lowest BCUT2D eigenvalue weighted by Gasteiger charge is -2.27. The summed E-state index contributed by atoms with van der Waals surface area (Å²) in [6.07, 6.45) is 0. The molecule has 0 fully saturated rings. The van der Waals surface area contributed by atoms with Crippen molar-refractivity contribution in [1.82, 2.24) is 0 Å². The monoisotopic (exact) mass is 582 g/mol. The Morgan fingerprint density at radius 2 is 0.902 bits per heavy atom. The van der Waals surface area contributed by atoms with E-state index in [0.29, 0.717) is 0 Å². The number of hydrogen-bond donors (Lipinski definition) is 0. The summed E-state index contributed by atoms with van der Waals surface area (Å²) >= 11 is 3.88. The predicted octanol–water partition coefficient (Wildman–Crippen LogP) is 11.7. The fourth-order valence-corrected chi connectivity index (χ4v) is 13.3. The summed E-state index contributed by atoms with van der Waals surface area (Å²) in [6, 6.07) is 36.4. The Morgan fingerprint density at radius 1 is 0.488 bits per heavy atom. The highest BCUT2D eigenvalue weighted by atomic mass is 32.1. The molecular weight excluding hydrogens is 549 g/mol. The third kappa shape index (κ3) is 4.13. The molecule has 41 heavy (non-hydrogen) atoms. The second kappa shape index (κ2) is 9.80. The minimum absolute atomic E-state index is 1.30. The lowest BCUT2D eigenvalue weighted by molar-refractivity contribution is 1.44. The second-order valence-electron chi connectivity index (χ2n) is 11.9. The van der Waals surface area contributed by atoms with Crippen LogP contribution in [-0.2, 0) is 0 Å². The van der Waals surface area contributed by atoms with E-state index < -0.39 is 8.07 Å². The molecule has 1 aliphatic rings. The number of fused-ring (bicyclic) bond motifs is 2. The van der Waals surface area contributed by atoms with Crippen LogP contribution in [0.2, 0.25) is 13.1 Å². The molecule has 0 nitrogen and oxygen atoms in total. The van der Waals surface area contributed by atoms with E-state index in [1.54, 1.807) is 10.4 Å². The summed E-state index contributed by atoms with van der Waals surface area (Å²) in [4.78, 5) is 2.84. The van der Waals surface area contributed by atoms with Crippen LogP contribution in [0.25, 0.3) is 41.7 Å². The van der Waals surface area contributed by atoms with Crippen molar-refractivity contribution in [2.45, 2.75) is 40.8 Å². The molecule has 4 aromatic carbocycles. The van der Waals surface area contributed by atoms with Gasteiger partial charge in [-0.1, -0.05) is 109 Å². The number of thiophene rings is 2. The summed E-state index contributed by atoms with van der Waals surface area (Å²) in [5.74, 6) is 0. The van der Waals surface area contributed by atoms with Gasteiger partial charge in [-0.05, 0) is 94.4 Å². The van der Waals surface area contributed by atoms with Crippen molar-refractivity contribution in [1.29, 1.82) is 0 Å². The molecule has 0 N–H and O–H groups in total. The number of allylic oxidation sites excluding steroid dienone is 2. The van der Waals surface area contributed by atoms with E-state index in [1.165, 1.54) is 74.5 Å². The van der Waals surface area contributed by atoms with Crippen LogP contribution in [0.5, 0.6) is 0 Å². The highest BCUT2D eigenvalue weighted by Crippen LogP contribution is 2.59. The summed E-state index contributed by atoms with van der Waals surface area (Å²) in [7, 11) is -2.26. The zero-order valence-corrected chi connectivity index (χ0v) is 27.2. The van der Waals surface area contributed by atoms with Crippen molar-refractivity contribution in [3.8, 4) is 0 Å². The number of aryl methyl sites for hydroxylation is 4. The van der Waals surface area contributed by atoms with Gasteiger partial charge in [-0.25, -0.2) is 0 Å².